The highest BCUT2D eigenvalue weighted by Crippen LogP contribution is 2.33. The maximum absolute atomic E-state index is 6.65. The van der Waals surface area contributed by atoms with Crippen molar-refractivity contribution in [1.82, 2.24) is 6.15 Å². The summed E-state index contributed by atoms with van der Waals surface area (Å²) in [5.41, 5.74) is 0. The van der Waals surface area contributed by atoms with E-state index in [-0.39, 0.29) is 11.0 Å². The fourth-order valence-electron chi connectivity index (χ4n) is 3.68. The quantitative estimate of drug-likeness (QED) is 0.188. The molecule has 0 spiro atoms. The highest BCUT2D eigenvalue weighted by atomic mass is 35.5. The number of hydrogen-bond acceptors (Lipinski definition) is 1. The highest BCUT2D eigenvalue weighted by molar-refractivity contribution is 6.23. The van der Waals surface area contributed by atoms with Gasteiger partial charge in [-0.1, -0.05) is 117 Å². The van der Waals surface area contributed by atoms with Crippen LogP contribution < -0.4 is 6.15 Å². The fourth-order valence-corrected chi connectivity index (χ4v) is 3.98. The van der Waals surface area contributed by atoms with Gasteiger partial charge in [-0.15, -0.1) is 11.6 Å². The minimum atomic E-state index is 0. The van der Waals surface area contributed by atoms with Crippen molar-refractivity contribution in [2.45, 2.75) is 142 Å². The molecule has 25 heavy (non-hydrogen) atoms. The SMILES string of the molecule is CCCCCCCCCCCCCCCCC(C)C(C)(Cl)CCC.N. The first-order valence-electron chi connectivity index (χ1n) is 11.2. The Kier molecular flexibility index (Phi) is 20.9. The summed E-state index contributed by atoms with van der Waals surface area (Å²) in [6, 6.07) is 0. The number of hydrogen-bond donors (Lipinski definition) is 1. The minimum absolute atomic E-state index is 0. The Bertz CT molecular complexity index is 252. The molecule has 0 heterocycles. The molecule has 0 aromatic rings. The third-order valence-electron chi connectivity index (χ3n) is 5.76. The molecule has 0 aromatic heterocycles. The van der Waals surface area contributed by atoms with Gasteiger partial charge in [0, 0.05) is 4.87 Å². The van der Waals surface area contributed by atoms with Gasteiger partial charge in [-0.2, -0.15) is 0 Å². The first-order chi connectivity index (χ1) is 11.5. The Hall–Kier alpha value is 0.250. The summed E-state index contributed by atoms with van der Waals surface area (Å²) in [5, 5.41) is 0. The normalized spacial score (nSPS) is 14.8. The Morgan fingerprint density at radius 3 is 1.36 bits per heavy atom. The summed E-state index contributed by atoms with van der Waals surface area (Å²) in [7, 11) is 0. The highest BCUT2D eigenvalue weighted by Gasteiger charge is 2.26. The van der Waals surface area contributed by atoms with Gasteiger partial charge in [-0.05, 0) is 25.7 Å². The lowest BCUT2D eigenvalue weighted by atomic mass is 9.86. The van der Waals surface area contributed by atoms with Crippen LogP contribution in [0.25, 0.3) is 0 Å². The zero-order chi connectivity index (χ0) is 18.1. The molecule has 0 amide bonds. The first kappa shape index (κ1) is 27.5. The van der Waals surface area contributed by atoms with Crippen LogP contribution in [0.4, 0.5) is 0 Å². The van der Waals surface area contributed by atoms with Crippen LogP contribution in [0.15, 0.2) is 0 Å². The molecule has 0 aliphatic carbocycles. The molecule has 0 aliphatic rings. The Labute approximate surface area is 165 Å². The maximum atomic E-state index is 6.65. The molecule has 0 fully saturated rings. The van der Waals surface area contributed by atoms with Crippen LogP contribution in [0.1, 0.15) is 137 Å². The molecule has 0 saturated carbocycles. The third kappa shape index (κ3) is 17.4. The van der Waals surface area contributed by atoms with Crippen molar-refractivity contribution >= 4 is 11.6 Å². The van der Waals surface area contributed by atoms with Crippen molar-refractivity contribution in [2.24, 2.45) is 5.92 Å². The van der Waals surface area contributed by atoms with Gasteiger partial charge >= 0.3 is 0 Å². The molecular weight excluding hydrogens is 326 g/mol. The van der Waals surface area contributed by atoms with Gasteiger partial charge in [0.25, 0.3) is 0 Å². The lowest BCUT2D eigenvalue weighted by Crippen LogP contribution is -2.25. The zero-order valence-electron chi connectivity index (χ0n) is 18.2. The molecule has 2 unspecified atom stereocenters. The van der Waals surface area contributed by atoms with E-state index in [9.17, 15) is 0 Å². The van der Waals surface area contributed by atoms with E-state index in [1.54, 1.807) is 0 Å². The summed E-state index contributed by atoms with van der Waals surface area (Å²) >= 11 is 6.65. The van der Waals surface area contributed by atoms with E-state index in [0.29, 0.717) is 5.92 Å². The summed E-state index contributed by atoms with van der Waals surface area (Å²) < 4.78 is 0. The van der Waals surface area contributed by atoms with Gasteiger partial charge < -0.3 is 6.15 Å². The topological polar surface area (TPSA) is 35.0 Å². The number of unbranched alkanes of at least 4 members (excludes halogenated alkanes) is 13. The van der Waals surface area contributed by atoms with E-state index in [4.69, 9.17) is 11.6 Å². The average molecular weight is 376 g/mol. The van der Waals surface area contributed by atoms with E-state index in [0.717, 1.165) is 6.42 Å². The predicted octanol–water partition coefficient (Wildman–Crippen LogP) is 9.45. The number of alkyl halides is 1. The Morgan fingerprint density at radius 1 is 0.640 bits per heavy atom. The van der Waals surface area contributed by atoms with E-state index in [2.05, 4.69) is 27.7 Å². The van der Waals surface area contributed by atoms with Crippen LogP contribution in [0.2, 0.25) is 0 Å². The molecule has 2 atom stereocenters. The van der Waals surface area contributed by atoms with E-state index in [1.165, 1.54) is 103 Å². The summed E-state index contributed by atoms with van der Waals surface area (Å²) in [4.78, 5) is 0.0191. The predicted molar refractivity (Wildman–Crippen MR) is 118 cm³/mol. The van der Waals surface area contributed by atoms with Crippen LogP contribution >= 0.6 is 11.6 Å². The molecule has 1 nitrogen and oxygen atoms in total. The molecule has 0 saturated heterocycles. The van der Waals surface area contributed by atoms with Crippen LogP contribution in [0, 0.1) is 5.92 Å². The first-order valence-corrected chi connectivity index (χ1v) is 11.6. The lowest BCUT2D eigenvalue weighted by Gasteiger charge is -2.29. The summed E-state index contributed by atoms with van der Waals surface area (Å²) in [6.45, 7) is 9.10. The fraction of sp³-hybridized carbons (Fsp3) is 1.00. The van der Waals surface area contributed by atoms with Crippen LogP contribution in [0.3, 0.4) is 0 Å². The Balaban J connectivity index is 0. The zero-order valence-corrected chi connectivity index (χ0v) is 18.9. The second kappa shape index (κ2) is 19.0. The molecule has 0 aromatic carbocycles. The minimum Gasteiger partial charge on any atom is -0.344 e. The van der Waals surface area contributed by atoms with Crippen molar-refractivity contribution in [3.63, 3.8) is 0 Å². The molecule has 0 rings (SSSR count). The van der Waals surface area contributed by atoms with Gasteiger partial charge in [0.05, 0.1) is 0 Å². The van der Waals surface area contributed by atoms with Gasteiger partial charge in [0.1, 0.15) is 0 Å². The number of halogens is 1. The molecular formula is C23H50ClN. The standard InChI is InChI=1S/C23H47Cl.H3N/c1-5-7-8-9-10-11-12-13-14-15-16-17-18-19-20-22(3)23(4,24)21-6-2;/h22H,5-21H2,1-4H3;1H3. The van der Waals surface area contributed by atoms with Crippen LogP contribution in [-0.2, 0) is 0 Å². The summed E-state index contributed by atoms with van der Waals surface area (Å²) in [5.74, 6) is 0.649. The van der Waals surface area contributed by atoms with E-state index < -0.39 is 0 Å². The monoisotopic (exact) mass is 375 g/mol. The molecule has 3 N–H and O–H groups in total. The van der Waals surface area contributed by atoms with Crippen molar-refractivity contribution < 1.29 is 0 Å². The van der Waals surface area contributed by atoms with Crippen molar-refractivity contribution in [3.8, 4) is 0 Å². The largest absolute Gasteiger partial charge is 0.344 e. The maximum Gasteiger partial charge on any atom is 0.0444 e. The van der Waals surface area contributed by atoms with Gasteiger partial charge in [-0.25, -0.2) is 0 Å². The molecule has 2 heteroatoms. The van der Waals surface area contributed by atoms with E-state index in [1.807, 2.05) is 0 Å². The van der Waals surface area contributed by atoms with E-state index >= 15 is 0 Å². The average Bonchev–Trinajstić information content (AvgIpc) is 2.54. The van der Waals surface area contributed by atoms with Crippen molar-refractivity contribution in [3.05, 3.63) is 0 Å². The summed E-state index contributed by atoms with van der Waals surface area (Å²) in [6.07, 6.45) is 23.8. The molecule has 0 radical (unpaired) electrons. The van der Waals surface area contributed by atoms with Gasteiger partial charge in [0.15, 0.2) is 0 Å². The van der Waals surface area contributed by atoms with Crippen molar-refractivity contribution in [1.29, 1.82) is 0 Å². The van der Waals surface area contributed by atoms with Gasteiger partial charge in [0.2, 0.25) is 0 Å². The Morgan fingerprint density at radius 2 is 1.00 bits per heavy atom. The number of rotatable bonds is 18. The van der Waals surface area contributed by atoms with Gasteiger partial charge in [-0.3, -0.25) is 0 Å². The second-order valence-corrected chi connectivity index (χ2v) is 9.18. The smallest absolute Gasteiger partial charge is 0.0444 e. The van der Waals surface area contributed by atoms with Crippen molar-refractivity contribution in [2.75, 3.05) is 0 Å². The molecule has 0 bridgehead atoms. The molecule has 154 valence electrons. The second-order valence-electron chi connectivity index (χ2n) is 8.31. The third-order valence-corrected chi connectivity index (χ3v) is 6.32. The molecule has 0 aliphatic heterocycles. The van der Waals surface area contributed by atoms with Crippen LogP contribution in [0.5, 0.6) is 0 Å². The lowest BCUT2D eigenvalue weighted by molar-refractivity contribution is 0.359. The van der Waals surface area contributed by atoms with Crippen LogP contribution in [-0.4, -0.2) is 4.87 Å².